The minimum Gasteiger partial charge on any atom is -0.481 e. The number of rotatable bonds is 9. The number of hydrogen-bond donors (Lipinski definition) is 2. The summed E-state index contributed by atoms with van der Waals surface area (Å²) in [6.45, 7) is 1.75. The zero-order chi connectivity index (χ0) is 24.0. The molecule has 2 aromatic carbocycles. The van der Waals surface area contributed by atoms with Crippen LogP contribution in [0.25, 0.3) is 11.3 Å². The molecule has 0 aliphatic rings. The van der Waals surface area contributed by atoms with E-state index in [1.807, 2.05) is 24.3 Å². The number of aromatic nitrogens is 1. The molecule has 11 heteroatoms. The van der Waals surface area contributed by atoms with Gasteiger partial charge in [0, 0.05) is 15.6 Å². The van der Waals surface area contributed by atoms with Crippen molar-refractivity contribution < 1.29 is 32.4 Å². The van der Waals surface area contributed by atoms with Crippen LogP contribution in [0.3, 0.4) is 0 Å². The van der Waals surface area contributed by atoms with Crippen LogP contribution >= 0.6 is 15.9 Å². The third kappa shape index (κ3) is 6.90. The predicted molar refractivity (Wildman–Crippen MR) is 124 cm³/mol. The van der Waals surface area contributed by atoms with Gasteiger partial charge in [0.15, 0.2) is 9.84 Å². The lowest BCUT2D eigenvalue weighted by Gasteiger charge is -2.15. The Morgan fingerprint density at radius 2 is 1.88 bits per heavy atom. The number of sulfone groups is 1. The first-order chi connectivity index (χ1) is 15.6. The molecule has 2 N–H and O–H groups in total. The molecule has 0 aliphatic carbocycles. The van der Waals surface area contributed by atoms with Gasteiger partial charge in [0.1, 0.15) is 23.7 Å². The van der Waals surface area contributed by atoms with Gasteiger partial charge in [-0.3, -0.25) is 10.1 Å². The van der Waals surface area contributed by atoms with E-state index in [2.05, 4.69) is 26.4 Å². The highest BCUT2D eigenvalue weighted by molar-refractivity contribution is 9.10. The first-order valence-corrected chi connectivity index (χ1v) is 12.4. The van der Waals surface area contributed by atoms with Crippen LogP contribution in [0.1, 0.15) is 30.6 Å². The summed E-state index contributed by atoms with van der Waals surface area (Å²) in [5.74, 6) is -1.87. The molecule has 1 unspecified atom stereocenters. The number of nitrogens with zero attached hydrogens (tertiary/aromatic N) is 1. The van der Waals surface area contributed by atoms with Crippen LogP contribution in [0.4, 0.5) is 10.5 Å². The molecule has 0 saturated heterocycles. The Kier molecular flexibility index (Phi) is 7.88. The lowest BCUT2D eigenvalue weighted by atomic mass is 10.1. The molecular weight excluding hydrogens is 516 g/mol. The van der Waals surface area contributed by atoms with Gasteiger partial charge in [-0.15, -0.1) is 0 Å². The van der Waals surface area contributed by atoms with Crippen molar-refractivity contribution in [1.29, 1.82) is 0 Å². The highest BCUT2D eigenvalue weighted by Gasteiger charge is 2.19. The Morgan fingerprint density at radius 1 is 1.18 bits per heavy atom. The summed E-state index contributed by atoms with van der Waals surface area (Å²) in [7, 11) is -3.55. The van der Waals surface area contributed by atoms with Crippen molar-refractivity contribution in [3.63, 3.8) is 0 Å². The fraction of sp³-hybridized carbons (Fsp3) is 0.227. The van der Waals surface area contributed by atoms with E-state index in [0.717, 1.165) is 10.0 Å². The fourth-order valence-electron chi connectivity index (χ4n) is 3.03. The summed E-state index contributed by atoms with van der Waals surface area (Å²) in [4.78, 5) is 23.0. The first kappa shape index (κ1) is 24.5. The van der Waals surface area contributed by atoms with Gasteiger partial charge in [-0.2, -0.15) is 0 Å². The number of ether oxygens (including phenoxy) is 1. The summed E-state index contributed by atoms with van der Waals surface area (Å²) in [5.41, 5.74) is 2.54. The Morgan fingerprint density at radius 3 is 2.55 bits per heavy atom. The first-order valence-electron chi connectivity index (χ1n) is 9.82. The maximum Gasteiger partial charge on any atom is 0.412 e. The summed E-state index contributed by atoms with van der Waals surface area (Å²) >= 11 is 3.43. The van der Waals surface area contributed by atoms with Gasteiger partial charge < -0.3 is 14.4 Å². The zero-order valence-corrected chi connectivity index (χ0v) is 19.9. The molecule has 1 atom stereocenters. The number of nitrogens with one attached hydrogen (secondary N) is 1. The number of carbonyl (C=O) groups excluding carboxylic acids is 1. The quantitative estimate of drug-likeness (QED) is 0.397. The smallest absolute Gasteiger partial charge is 0.412 e. The van der Waals surface area contributed by atoms with Gasteiger partial charge in [-0.25, -0.2) is 13.2 Å². The molecule has 0 spiro atoms. The summed E-state index contributed by atoms with van der Waals surface area (Å²) in [6.07, 6.45) is -0.371. The highest BCUT2D eigenvalue weighted by atomic mass is 79.9. The van der Waals surface area contributed by atoms with Crippen LogP contribution in [0, 0.1) is 0 Å². The second-order valence-electron chi connectivity index (χ2n) is 7.20. The molecule has 0 aliphatic heterocycles. The van der Waals surface area contributed by atoms with Gasteiger partial charge in [0.2, 0.25) is 0 Å². The van der Waals surface area contributed by atoms with E-state index >= 15 is 0 Å². The SMILES string of the molecule is CC(OC(=O)Nc1conc1-c1ccc(CS(=O)(=O)CCC(=O)O)cc1)c1ccccc1Br. The van der Waals surface area contributed by atoms with Crippen LogP contribution in [-0.4, -0.2) is 36.5 Å². The Labute approximate surface area is 198 Å². The minimum atomic E-state index is -3.55. The van der Waals surface area contributed by atoms with E-state index in [4.69, 9.17) is 14.4 Å². The second-order valence-corrected chi connectivity index (χ2v) is 10.2. The van der Waals surface area contributed by atoms with E-state index < -0.39 is 40.2 Å². The number of benzene rings is 2. The molecule has 1 amide bonds. The molecule has 0 radical (unpaired) electrons. The van der Waals surface area contributed by atoms with Crippen molar-refractivity contribution in [1.82, 2.24) is 5.16 Å². The number of hydrogen-bond acceptors (Lipinski definition) is 7. The van der Waals surface area contributed by atoms with Crippen molar-refractivity contribution >= 4 is 43.5 Å². The average molecular weight is 537 g/mol. The molecule has 33 heavy (non-hydrogen) atoms. The number of anilines is 1. The topological polar surface area (TPSA) is 136 Å². The number of halogens is 1. The third-order valence-corrected chi connectivity index (χ3v) is 7.00. The average Bonchev–Trinajstić information content (AvgIpc) is 3.20. The van der Waals surface area contributed by atoms with E-state index in [0.29, 0.717) is 22.5 Å². The molecule has 3 aromatic rings. The standard InChI is InChI=1S/C22H21BrN2O7S/c1-14(17-4-2-3-5-18(17)23)32-22(28)24-19-12-31-25-21(19)16-8-6-15(7-9-16)13-33(29,30)11-10-20(26)27/h2-9,12,14H,10-11,13H2,1H3,(H,24,28)(H,26,27). The molecule has 0 saturated carbocycles. The van der Waals surface area contributed by atoms with E-state index in [1.54, 1.807) is 31.2 Å². The monoisotopic (exact) mass is 536 g/mol. The highest BCUT2D eigenvalue weighted by Crippen LogP contribution is 2.29. The molecule has 0 fully saturated rings. The predicted octanol–water partition coefficient (Wildman–Crippen LogP) is 4.80. The van der Waals surface area contributed by atoms with Crippen LogP contribution in [0.5, 0.6) is 0 Å². The van der Waals surface area contributed by atoms with Crippen LogP contribution in [-0.2, 0) is 25.1 Å². The minimum absolute atomic E-state index is 0.274. The van der Waals surface area contributed by atoms with E-state index in [-0.39, 0.29) is 5.75 Å². The molecule has 0 bridgehead atoms. The molecule has 174 valence electrons. The maximum absolute atomic E-state index is 12.4. The molecular formula is C22H21BrN2O7S. The third-order valence-electron chi connectivity index (χ3n) is 4.67. The zero-order valence-electron chi connectivity index (χ0n) is 17.5. The number of carboxylic acids is 1. The lowest BCUT2D eigenvalue weighted by Crippen LogP contribution is -2.16. The fourth-order valence-corrected chi connectivity index (χ4v) is 4.97. The Balaban J connectivity index is 1.65. The van der Waals surface area contributed by atoms with Crippen molar-refractivity contribution in [2.24, 2.45) is 0 Å². The number of carboxylic acid groups (broad SMARTS) is 1. The number of carbonyl (C=O) groups is 2. The normalized spacial score (nSPS) is 12.2. The second kappa shape index (κ2) is 10.6. The van der Waals surface area contributed by atoms with Crippen molar-refractivity contribution in [3.8, 4) is 11.3 Å². The molecule has 1 heterocycles. The van der Waals surface area contributed by atoms with E-state index in [1.165, 1.54) is 6.26 Å². The largest absolute Gasteiger partial charge is 0.481 e. The van der Waals surface area contributed by atoms with Crippen molar-refractivity contribution in [3.05, 3.63) is 70.4 Å². The van der Waals surface area contributed by atoms with Gasteiger partial charge >= 0.3 is 12.1 Å². The van der Waals surface area contributed by atoms with Crippen LogP contribution < -0.4 is 5.32 Å². The Bertz CT molecular complexity index is 1240. The van der Waals surface area contributed by atoms with Crippen molar-refractivity contribution in [2.75, 3.05) is 11.1 Å². The molecule has 3 rings (SSSR count). The van der Waals surface area contributed by atoms with E-state index in [9.17, 15) is 18.0 Å². The lowest BCUT2D eigenvalue weighted by molar-refractivity contribution is -0.136. The van der Waals surface area contributed by atoms with Crippen LogP contribution in [0.15, 0.2) is 63.8 Å². The van der Waals surface area contributed by atoms with Gasteiger partial charge in [-0.05, 0) is 18.6 Å². The van der Waals surface area contributed by atoms with Crippen LogP contribution in [0.2, 0.25) is 0 Å². The van der Waals surface area contributed by atoms with Gasteiger partial charge in [-0.1, -0.05) is 63.6 Å². The van der Waals surface area contributed by atoms with Crippen molar-refractivity contribution in [2.45, 2.75) is 25.2 Å². The summed E-state index contributed by atoms with van der Waals surface area (Å²) < 4.78 is 35.4. The number of aliphatic carboxylic acids is 1. The molecule has 1 aromatic heterocycles. The van der Waals surface area contributed by atoms with Gasteiger partial charge in [0.05, 0.1) is 17.9 Å². The summed E-state index contributed by atoms with van der Waals surface area (Å²) in [6, 6.07) is 13.9. The Hall–Kier alpha value is -3.18. The van der Waals surface area contributed by atoms with Gasteiger partial charge in [0.25, 0.3) is 0 Å². The number of amides is 1. The summed E-state index contributed by atoms with van der Waals surface area (Å²) in [5, 5.41) is 15.2. The maximum atomic E-state index is 12.4. The molecule has 9 nitrogen and oxygen atoms in total.